The molecule has 0 radical (unpaired) electrons. The van der Waals surface area contributed by atoms with Gasteiger partial charge in [0.05, 0.1) is 0 Å². The van der Waals surface area contributed by atoms with E-state index in [1.807, 2.05) is 0 Å². The smallest absolute Gasteiger partial charge is 0.00767 e. The van der Waals surface area contributed by atoms with Crippen LogP contribution in [0.5, 0.6) is 0 Å². The summed E-state index contributed by atoms with van der Waals surface area (Å²) in [5.74, 6) is 0. The van der Waals surface area contributed by atoms with E-state index in [1.165, 1.54) is 16.7 Å². The molecule has 0 aliphatic heterocycles. The average Bonchev–Trinajstić information content (AvgIpc) is 2.20. The van der Waals surface area contributed by atoms with Crippen molar-refractivity contribution in [1.82, 2.24) is 0 Å². The monoisotopic (exact) mass is 187 g/mol. The molecule has 14 heavy (non-hydrogen) atoms. The van der Waals surface area contributed by atoms with Crippen LogP contribution in [0, 0.1) is 6.92 Å². The number of hydrogen-bond donors (Lipinski definition) is 1. The van der Waals surface area contributed by atoms with Gasteiger partial charge in [0.1, 0.15) is 0 Å². The summed E-state index contributed by atoms with van der Waals surface area (Å²) in [5, 5.41) is 0. The molecule has 1 unspecified atom stereocenters. The minimum atomic E-state index is 0.378. The molecule has 0 spiro atoms. The normalized spacial score (nSPS) is 21.9. The molecular formula is C13H17N. The third-order valence-electron chi connectivity index (χ3n) is 2.94. The van der Waals surface area contributed by atoms with E-state index in [-0.39, 0.29) is 0 Å². The van der Waals surface area contributed by atoms with Gasteiger partial charge >= 0.3 is 0 Å². The molecule has 1 aliphatic carbocycles. The van der Waals surface area contributed by atoms with Crippen LogP contribution in [0.4, 0.5) is 0 Å². The summed E-state index contributed by atoms with van der Waals surface area (Å²) in [6.07, 6.45) is 5.59. The fourth-order valence-electron chi connectivity index (χ4n) is 2.03. The van der Waals surface area contributed by atoms with Gasteiger partial charge in [-0.1, -0.05) is 30.3 Å². The Labute approximate surface area is 85.6 Å². The number of rotatable bonds is 1. The predicted octanol–water partition coefficient (Wildman–Crippen LogP) is 2.89. The SMILES string of the molecule is Cc1ccccc1C1=CCC(N)CC1. The van der Waals surface area contributed by atoms with Crippen molar-refractivity contribution in [3.63, 3.8) is 0 Å². The highest BCUT2D eigenvalue weighted by molar-refractivity contribution is 5.68. The Kier molecular flexibility index (Phi) is 2.69. The summed E-state index contributed by atoms with van der Waals surface area (Å²) >= 11 is 0. The maximum absolute atomic E-state index is 5.87. The van der Waals surface area contributed by atoms with Gasteiger partial charge in [0.2, 0.25) is 0 Å². The van der Waals surface area contributed by atoms with Gasteiger partial charge in [-0.05, 0) is 42.9 Å². The van der Waals surface area contributed by atoms with Crippen LogP contribution >= 0.6 is 0 Å². The number of aryl methyl sites for hydroxylation is 1. The predicted molar refractivity (Wildman–Crippen MR) is 61.0 cm³/mol. The molecule has 1 aliphatic rings. The average molecular weight is 187 g/mol. The van der Waals surface area contributed by atoms with Crippen molar-refractivity contribution in [2.75, 3.05) is 0 Å². The number of allylic oxidation sites excluding steroid dienone is 1. The molecule has 2 rings (SSSR count). The Morgan fingerprint density at radius 1 is 1.29 bits per heavy atom. The molecule has 0 fully saturated rings. The van der Waals surface area contributed by atoms with Crippen LogP contribution in [0.15, 0.2) is 30.3 Å². The first-order valence-corrected chi connectivity index (χ1v) is 5.28. The molecule has 1 atom stereocenters. The zero-order chi connectivity index (χ0) is 9.97. The molecule has 0 saturated carbocycles. The van der Waals surface area contributed by atoms with E-state index < -0.39 is 0 Å². The standard InChI is InChI=1S/C13H17N/c1-10-4-2-3-5-13(10)11-6-8-12(14)9-7-11/h2-6,12H,7-9,14H2,1H3. The van der Waals surface area contributed by atoms with E-state index in [0.29, 0.717) is 6.04 Å². The Hall–Kier alpha value is -1.08. The molecular weight excluding hydrogens is 170 g/mol. The Balaban J connectivity index is 2.28. The van der Waals surface area contributed by atoms with E-state index in [4.69, 9.17) is 5.73 Å². The van der Waals surface area contributed by atoms with Crippen molar-refractivity contribution in [2.45, 2.75) is 32.2 Å². The zero-order valence-electron chi connectivity index (χ0n) is 8.66. The van der Waals surface area contributed by atoms with Crippen LogP contribution in [-0.4, -0.2) is 6.04 Å². The van der Waals surface area contributed by atoms with E-state index in [0.717, 1.165) is 19.3 Å². The number of benzene rings is 1. The van der Waals surface area contributed by atoms with Gasteiger partial charge in [-0.2, -0.15) is 0 Å². The van der Waals surface area contributed by atoms with E-state index in [1.54, 1.807) is 0 Å². The largest absolute Gasteiger partial charge is 0.327 e. The Morgan fingerprint density at radius 2 is 2.07 bits per heavy atom. The Bertz CT molecular complexity index is 352. The van der Waals surface area contributed by atoms with Crippen molar-refractivity contribution in [2.24, 2.45) is 5.73 Å². The summed E-state index contributed by atoms with van der Waals surface area (Å²) in [4.78, 5) is 0. The summed E-state index contributed by atoms with van der Waals surface area (Å²) in [7, 11) is 0. The van der Waals surface area contributed by atoms with E-state index in [2.05, 4.69) is 37.3 Å². The molecule has 0 amide bonds. The Morgan fingerprint density at radius 3 is 2.71 bits per heavy atom. The lowest BCUT2D eigenvalue weighted by Gasteiger charge is -2.19. The van der Waals surface area contributed by atoms with Gasteiger partial charge in [-0.15, -0.1) is 0 Å². The fraction of sp³-hybridized carbons (Fsp3) is 0.385. The molecule has 1 aromatic carbocycles. The quantitative estimate of drug-likeness (QED) is 0.718. The minimum Gasteiger partial charge on any atom is -0.327 e. The van der Waals surface area contributed by atoms with Crippen molar-refractivity contribution in [3.05, 3.63) is 41.5 Å². The van der Waals surface area contributed by atoms with Crippen LogP contribution in [0.3, 0.4) is 0 Å². The topological polar surface area (TPSA) is 26.0 Å². The third kappa shape index (κ3) is 1.88. The van der Waals surface area contributed by atoms with Crippen LogP contribution in [0.1, 0.15) is 30.4 Å². The minimum absolute atomic E-state index is 0.378. The summed E-state index contributed by atoms with van der Waals surface area (Å²) in [6, 6.07) is 8.96. The molecule has 1 nitrogen and oxygen atoms in total. The molecule has 0 aromatic heterocycles. The summed E-state index contributed by atoms with van der Waals surface area (Å²) in [6.45, 7) is 2.17. The molecule has 2 N–H and O–H groups in total. The molecule has 0 saturated heterocycles. The van der Waals surface area contributed by atoms with Gasteiger partial charge in [0.25, 0.3) is 0 Å². The highest BCUT2D eigenvalue weighted by Crippen LogP contribution is 2.28. The van der Waals surface area contributed by atoms with Gasteiger partial charge in [-0.3, -0.25) is 0 Å². The van der Waals surface area contributed by atoms with Crippen LogP contribution < -0.4 is 5.73 Å². The molecule has 0 bridgehead atoms. The molecule has 1 aromatic rings. The highest BCUT2D eigenvalue weighted by atomic mass is 14.6. The van der Waals surface area contributed by atoms with Gasteiger partial charge in [-0.25, -0.2) is 0 Å². The first-order chi connectivity index (χ1) is 6.77. The van der Waals surface area contributed by atoms with Crippen LogP contribution in [0.2, 0.25) is 0 Å². The highest BCUT2D eigenvalue weighted by Gasteiger charge is 2.12. The second-order valence-corrected chi connectivity index (χ2v) is 4.08. The molecule has 74 valence electrons. The maximum atomic E-state index is 5.87. The lowest BCUT2D eigenvalue weighted by Crippen LogP contribution is -2.21. The van der Waals surface area contributed by atoms with Crippen molar-refractivity contribution in [1.29, 1.82) is 0 Å². The molecule has 1 heteroatoms. The van der Waals surface area contributed by atoms with E-state index >= 15 is 0 Å². The lowest BCUT2D eigenvalue weighted by molar-refractivity contribution is 0.614. The fourth-order valence-corrected chi connectivity index (χ4v) is 2.03. The third-order valence-corrected chi connectivity index (χ3v) is 2.94. The maximum Gasteiger partial charge on any atom is 0.00767 e. The van der Waals surface area contributed by atoms with Gasteiger partial charge in [0.15, 0.2) is 0 Å². The second-order valence-electron chi connectivity index (χ2n) is 4.08. The molecule has 0 heterocycles. The lowest BCUT2D eigenvalue weighted by atomic mass is 9.89. The second kappa shape index (κ2) is 3.97. The van der Waals surface area contributed by atoms with Gasteiger partial charge < -0.3 is 5.73 Å². The van der Waals surface area contributed by atoms with Crippen molar-refractivity contribution >= 4 is 5.57 Å². The van der Waals surface area contributed by atoms with Crippen LogP contribution in [-0.2, 0) is 0 Å². The van der Waals surface area contributed by atoms with Crippen molar-refractivity contribution < 1.29 is 0 Å². The number of hydrogen-bond acceptors (Lipinski definition) is 1. The van der Waals surface area contributed by atoms with Gasteiger partial charge in [0, 0.05) is 6.04 Å². The van der Waals surface area contributed by atoms with Crippen LogP contribution in [0.25, 0.3) is 5.57 Å². The van der Waals surface area contributed by atoms with E-state index in [9.17, 15) is 0 Å². The first kappa shape index (κ1) is 9.47. The number of nitrogens with two attached hydrogens (primary N) is 1. The summed E-state index contributed by atoms with van der Waals surface area (Å²) in [5.41, 5.74) is 10.1. The first-order valence-electron chi connectivity index (χ1n) is 5.28. The zero-order valence-corrected chi connectivity index (χ0v) is 8.66. The van der Waals surface area contributed by atoms with Crippen molar-refractivity contribution in [3.8, 4) is 0 Å². The summed E-state index contributed by atoms with van der Waals surface area (Å²) < 4.78 is 0.